The van der Waals surface area contributed by atoms with E-state index in [9.17, 15) is 9.59 Å². The largest absolute Gasteiger partial charge is 0.464 e. The van der Waals surface area contributed by atoms with Crippen molar-refractivity contribution in [2.75, 3.05) is 11.9 Å². The Morgan fingerprint density at radius 2 is 1.92 bits per heavy atom. The zero-order valence-electron chi connectivity index (χ0n) is 14.5. The zero-order chi connectivity index (χ0) is 18.7. The molecule has 0 saturated heterocycles. The molecule has 0 aliphatic rings. The predicted molar refractivity (Wildman–Crippen MR) is 103 cm³/mol. The number of carbonyl (C=O) groups excluding carboxylic acids is 2. The number of fused-ring (bicyclic) bond motifs is 1. The van der Waals surface area contributed by atoms with Crippen molar-refractivity contribution in [2.24, 2.45) is 0 Å². The lowest BCUT2D eigenvalue weighted by molar-refractivity contribution is -0.146. The Bertz CT molecular complexity index is 977. The van der Waals surface area contributed by atoms with Crippen molar-refractivity contribution >= 4 is 44.5 Å². The highest BCUT2D eigenvalue weighted by Gasteiger charge is 2.14. The van der Waals surface area contributed by atoms with Crippen LogP contribution in [0.15, 0.2) is 51.6 Å². The van der Waals surface area contributed by atoms with Crippen LogP contribution in [0.3, 0.4) is 0 Å². The molecule has 134 valence electrons. The molecular formula is C20H18BrNO4. The first-order valence-corrected chi connectivity index (χ1v) is 8.90. The van der Waals surface area contributed by atoms with E-state index in [0.717, 1.165) is 32.1 Å². The normalized spacial score (nSPS) is 10.7. The highest BCUT2D eigenvalue weighted by Crippen LogP contribution is 2.25. The van der Waals surface area contributed by atoms with Gasteiger partial charge in [-0.2, -0.15) is 0 Å². The Morgan fingerprint density at radius 3 is 2.69 bits per heavy atom. The summed E-state index contributed by atoms with van der Waals surface area (Å²) >= 11 is 3.33. The van der Waals surface area contributed by atoms with Gasteiger partial charge in [0.2, 0.25) is 0 Å². The van der Waals surface area contributed by atoms with Crippen LogP contribution in [0.2, 0.25) is 0 Å². The van der Waals surface area contributed by atoms with Crippen LogP contribution < -0.4 is 5.32 Å². The first kappa shape index (κ1) is 18.2. The molecule has 3 aromatic rings. The molecule has 0 fully saturated rings. The molecule has 1 N–H and O–H groups in total. The lowest BCUT2D eigenvalue weighted by Gasteiger charge is -2.07. The quantitative estimate of drug-likeness (QED) is 0.621. The monoisotopic (exact) mass is 415 g/mol. The smallest absolute Gasteiger partial charge is 0.310 e. The van der Waals surface area contributed by atoms with Gasteiger partial charge < -0.3 is 14.5 Å². The van der Waals surface area contributed by atoms with Gasteiger partial charge in [0, 0.05) is 21.1 Å². The third kappa shape index (κ3) is 4.32. The van der Waals surface area contributed by atoms with Gasteiger partial charge in [-0.05, 0) is 55.3 Å². The van der Waals surface area contributed by atoms with Crippen LogP contribution in [-0.4, -0.2) is 18.5 Å². The van der Waals surface area contributed by atoms with Gasteiger partial charge in [-0.25, -0.2) is 0 Å². The number of amides is 1. The molecule has 1 heterocycles. The van der Waals surface area contributed by atoms with Crippen molar-refractivity contribution in [1.82, 2.24) is 0 Å². The number of benzene rings is 2. The molecule has 26 heavy (non-hydrogen) atoms. The maximum absolute atomic E-state index is 12.1. The second-order valence-electron chi connectivity index (χ2n) is 6.09. The molecule has 0 saturated carbocycles. The van der Waals surface area contributed by atoms with E-state index in [-0.39, 0.29) is 18.9 Å². The summed E-state index contributed by atoms with van der Waals surface area (Å²) in [5.74, 6) is -0.865. The lowest BCUT2D eigenvalue weighted by Crippen LogP contribution is -2.21. The number of aryl methyl sites for hydroxylation is 2. The fraction of sp³-hybridized carbons (Fsp3) is 0.200. The van der Waals surface area contributed by atoms with E-state index in [2.05, 4.69) is 21.2 Å². The first-order chi connectivity index (χ1) is 12.4. The van der Waals surface area contributed by atoms with Gasteiger partial charge in [-0.15, -0.1) is 0 Å². The number of nitrogens with one attached hydrogen (secondary N) is 1. The van der Waals surface area contributed by atoms with Gasteiger partial charge in [0.25, 0.3) is 5.91 Å². The van der Waals surface area contributed by atoms with Gasteiger partial charge >= 0.3 is 5.97 Å². The van der Waals surface area contributed by atoms with Crippen molar-refractivity contribution in [2.45, 2.75) is 20.3 Å². The van der Waals surface area contributed by atoms with Crippen LogP contribution in [0, 0.1) is 13.8 Å². The maximum Gasteiger partial charge on any atom is 0.310 e. The molecule has 0 unspecified atom stereocenters. The molecule has 3 rings (SSSR count). The Morgan fingerprint density at radius 1 is 1.15 bits per heavy atom. The molecule has 6 heteroatoms. The van der Waals surface area contributed by atoms with Crippen molar-refractivity contribution < 1.29 is 18.7 Å². The number of halogens is 1. The third-order valence-corrected chi connectivity index (χ3v) is 4.57. The lowest BCUT2D eigenvalue weighted by atomic mass is 10.0. The number of anilines is 1. The molecule has 0 spiro atoms. The predicted octanol–water partition coefficient (Wildman–Crippen LogP) is 4.54. The molecule has 0 aliphatic carbocycles. The van der Waals surface area contributed by atoms with Crippen LogP contribution in [-0.2, 0) is 20.7 Å². The summed E-state index contributed by atoms with van der Waals surface area (Å²) in [5.41, 5.74) is 4.38. The minimum absolute atomic E-state index is 0.0552. The second-order valence-corrected chi connectivity index (χ2v) is 7.01. The molecule has 0 aliphatic heterocycles. The van der Waals surface area contributed by atoms with E-state index in [1.165, 1.54) is 0 Å². The summed E-state index contributed by atoms with van der Waals surface area (Å²) in [5, 5.41) is 3.57. The van der Waals surface area contributed by atoms with Crippen molar-refractivity contribution in [3.63, 3.8) is 0 Å². The minimum Gasteiger partial charge on any atom is -0.464 e. The van der Waals surface area contributed by atoms with E-state index in [4.69, 9.17) is 9.15 Å². The molecule has 2 aromatic carbocycles. The fourth-order valence-corrected chi connectivity index (χ4v) is 2.99. The highest BCUT2D eigenvalue weighted by atomic mass is 79.9. The third-order valence-electron chi connectivity index (χ3n) is 4.08. The van der Waals surface area contributed by atoms with Crippen molar-refractivity contribution in [1.29, 1.82) is 0 Å². The molecule has 0 bridgehead atoms. The Kier molecular flexibility index (Phi) is 5.42. The first-order valence-electron chi connectivity index (χ1n) is 8.11. The number of furan rings is 1. The van der Waals surface area contributed by atoms with Crippen molar-refractivity contribution in [3.05, 3.63) is 63.8 Å². The summed E-state index contributed by atoms with van der Waals surface area (Å²) in [6.07, 6.45) is 1.62. The Labute approximate surface area is 159 Å². The molecule has 0 atom stereocenters. The van der Waals surface area contributed by atoms with Crippen LogP contribution >= 0.6 is 15.9 Å². The summed E-state index contributed by atoms with van der Waals surface area (Å²) in [7, 11) is 0. The number of ether oxygens (including phenoxy) is 1. The van der Waals surface area contributed by atoms with Gasteiger partial charge in [-0.1, -0.05) is 22.0 Å². The van der Waals surface area contributed by atoms with E-state index < -0.39 is 5.97 Å². The maximum atomic E-state index is 12.1. The van der Waals surface area contributed by atoms with Crippen LogP contribution in [0.4, 0.5) is 5.69 Å². The Balaban J connectivity index is 1.57. The summed E-state index contributed by atoms with van der Waals surface area (Å²) in [6, 6.07) is 11.1. The Hall–Kier alpha value is -2.60. The molecule has 5 nitrogen and oxygen atoms in total. The van der Waals surface area contributed by atoms with Gasteiger partial charge in [0.15, 0.2) is 6.61 Å². The van der Waals surface area contributed by atoms with Gasteiger partial charge in [0.1, 0.15) is 5.58 Å². The number of hydrogen-bond acceptors (Lipinski definition) is 4. The average Bonchev–Trinajstić information content (AvgIpc) is 2.95. The van der Waals surface area contributed by atoms with Crippen LogP contribution in [0.1, 0.15) is 16.7 Å². The van der Waals surface area contributed by atoms with Gasteiger partial charge in [0.05, 0.1) is 12.7 Å². The molecular weight excluding hydrogens is 398 g/mol. The molecule has 1 amide bonds. The fourth-order valence-electron chi connectivity index (χ4n) is 2.59. The number of esters is 1. The van der Waals surface area contributed by atoms with Crippen LogP contribution in [0.5, 0.6) is 0 Å². The highest BCUT2D eigenvalue weighted by molar-refractivity contribution is 9.10. The number of carbonyl (C=O) groups is 2. The molecule has 0 radical (unpaired) electrons. The molecule has 1 aromatic heterocycles. The average molecular weight is 416 g/mol. The van der Waals surface area contributed by atoms with E-state index >= 15 is 0 Å². The summed E-state index contributed by atoms with van der Waals surface area (Å²) in [4.78, 5) is 24.0. The number of rotatable bonds is 5. The number of hydrogen-bond donors (Lipinski definition) is 1. The standard InChI is InChI=1S/C20H18BrNO4/c1-12-6-17-14(10-25-18(17)7-13(12)2)8-20(24)26-11-19(23)22-16-5-3-4-15(21)9-16/h3-7,9-10H,8,11H2,1-2H3,(H,22,23). The summed E-state index contributed by atoms with van der Waals surface area (Å²) in [6.45, 7) is 3.69. The second kappa shape index (κ2) is 7.74. The SMILES string of the molecule is Cc1cc2occ(CC(=O)OCC(=O)Nc3cccc(Br)c3)c2cc1C. The van der Waals surface area contributed by atoms with Crippen molar-refractivity contribution in [3.8, 4) is 0 Å². The van der Waals surface area contributed by atoms with E-state index in [1.54, 1.807) is 24.5 Å². The van der Waals surface area contributed by atoms with Gasteiger partial charge in [-0.3, -0.25) is 9.59 Å². The zero-order valence-corrected chi connectivity index (χ0v) is 16.1. The summed E-state index contributed by atoms with van der Waals surface area (Å²) < 4.78 is 11.4. The van der Waals surface area contributed by atoms with E-state index in [1.807, 2.05) is 32.0 Å². The van der Waals surface area contributed by atoms with E-state index in [0.29, 0.717) is 5.69 Å². The topological polar surface area (TPSA) is 68.5 Å². The minimum atomic E-state index is -0.477. The van der Waals surface area contributed by atoms with Crippen LogP contribution in [0.25, 0.3) is 11.0 Å².